The lowest BCUT2D eigenvalue weighted by molar-refractivity contribution is 1.41. The lowest BCUT2D eigenvalue weighted by atomic mass is 9.88. The molecule has 0 fully saturated rings. The van der Waals surface area contributed by atoms with Crippen molar-refractivity contribution in [3.63, 3.8) is 0 Å². The fourth-order valence-electron chi connectivity index (χ4n) is 10.4. The molecule has 2 heteroatoms. The van der Waals surface area contributed by atoms with E-state index in [1.54, 1.807) is 0 Å². The van der Waals surface area contributed by atoms with Crippen molar-refractivity contribution in [1.82, 2.24) is 4.98 Å². The largest absolute Gasteiger partial charge is 0.247 e. The van der Waals surface area contributed by atoms with Crippen molar-refractivity contribution < 1.29 is 0 Å². The molecule has 1 aromatic heterocycles. The van der Waals surface area contributed by atoms with Gasteiger partial charge in [0, 0.05) is 16.3 Å². The molecule has 64 heavy (non-hydrogen) atoms. The third-order valence-electron chi connectivity index (χ3n) is 13.5. The summed E-state index contributed by atoms with van der Waals surface area (Å²) in [7, 11) is 0. The normalized spacial score (nSPS) is 11.7. The van der Waals surface area contributed by atoms with Crippen molar-refractivity contribution in [1.29, 1.82) is 5.26 Å². The van der Waals surface area contributed by atoms with Crippen LogP contribution in [-0.4, -0.2) is 4.98 Å². The van der Waals surface area contributed by atoms with Gasteiger partial charge in [0.2, 0.25) is 0 Å². The standard InChI is InChI=1S/C62H36N2/c63-37-38-21-23-39(24-22-38)40-25-27-41(28-26-40)57-36-61(43-30-32-54-49-16-4-2-12-45(49)47-14-6-8-18-51(47)59(54)34-43)64-62-55-20-10-9-19-52(55)56(35-60(57)62)42-29-31-53-48-15-3-1-11-44(48)46-13-5-7-17-50(46)58(53)33-42/h1-36H. The van der Waals surface area contributed by atoms with Crippen molar-refractivity contribution in [2.24, 2.45) is 0 Å². The number of pyridine rings is 1. The van der Waals surface area contributed by atoms with Gasteiger partial charge in [-0.25, -0.2) is 4.98 Å². The van der Waals surface area contributed by atoms with Crippen LogP contribution < -0.4 is 0 Å². The summed E-state index contributed by atoms with van der Waals surface area (Å²) in [6, 6.07) is 81.3. The Balaban J connectivity index is 1.07. The molecule has 0 atom stereocenters. The van der Waals surface area contributed by atoms with Gasteiger partial charge in [-0.05, 0) is 140 Å². The van der Waals surface area contributed by atoms with Crippen molar-refractivity contribution in [2.75, 3.05) is 0 Å². The maximum Gasteiger partial charge on any atom is 0.0991 e. The molecule has 294 valence electrons. The molecule has 0 aliphatic carbocycles. The minimum Gasteiger partial charge on any atom is -0.247 e. The summed E-state index contributed by atoms with van der Waals surface area (Å²) >= 11 is 0. The quantitative estimate of drug-likeness (QED) is 0.166. The van der Waals surface area contributed by atoms with Gasteiger partial charge in [-0.2, -0.15) is 5.26 Å². The number of nitrogens with zero attached hydrogens (tertiary/aromatic N) is 2. The maximum absolute atomic E-state index is 9.42. The summed E-state index contributed by atoms with van der Waals surface area (Å²) in [5.74, 6) is 0. The molecule has 0 saturated heterocycles. The molecule has 0 saturated carbocycles. The number of benzene rings is 12. The van der Waals surface area contributed by atoms with Gasteiger partial charge in [0.25, 0.3) is 0 Å². The second-order valence-corrected chi connectivity index (χ2v) is 16.9. The van der Waals surface area contributed by atoms with Gasteiger partial charge in [0.15, 0.2) is 0 Å². The van der Waals surface area contributed by atoms with Crippen molar-refractivity contribution in [3.05, 3.63) is 224 Å². The van der Waals surface area contributed by atoms with Crippen molar-refractivity contribution in [3.8, 4) is 50.7 Å². The van der Waals surface area contributed by atoms with E-state index in [1.807, 2.05) is 24.3 Å². The van der Waals surface area contributed by atoms with Gasteiger partial charge in [-0.15, -0.1) is 0 Å². The molecule has 0 spiro atoms. The molecule has 13 aromatic rings. The number of nitriles is 1. The molecule has 0 bridgehead atoms. The zero-order chi connectivity index (χ0) is 42.3. The predicted octanol–water partition coefficient (Wildman–Crippen LogP) is 16.8. The number of fused-ring (bicyclic) bond motifs is 15. The third-order valence-corrected chi connectivity index (χ3v) is 13.5. The van der Waals surface area contributed by atoms with Crippen LogP contribution in [0.2, 0.25) is 0 Å². The molecule has 13 rings (SSSR count). The summed E-state index contributed by atoms with van der Waals surface area (Å²) in [6.07, 6.45) is 0. The van der Waals surface area contributed by atoms with E-state index in [4.69, 9.17) is 4.98 Å². The molecule has 0 radical (unpaired) electrons. The number of hydrogen-bond acceptors (Lipinski definition) is 2. The average Bonchev–Trinajstić information content (AvgIpc) is 3.38. The van der Waals surface area contributed by atoms with Crippen LogP contribution in [0.3, 0.4) is 0 Å². The monoisotopic (exact) mass is 808 g/mol. The van der Waals surface area contributed by atoms with E-state index < -0.39 is 0 Å². The number of aromatic nitrogens is 1. The fourth-order valence-corrected chi connectivity index (χ4v) is 10.4. The Morgan fingerprint density at radius 3 is 1.12 bits per heavy atom. The summed E-state index contributed by atoms with van der Waals surface area (Å²) in [4.78, 5) is 5.62. The third kappa shape index (κ3) is 5.55. The Bertz CT molecular complexity index is 4050. The average molecular weight is 809 g/mol. The Labute approximate surface area is 369 Å². The molecule has 0 N–H and O–H groups in total. The second kappa shape index (κ2) is 14.2. The van der Waals surface area contributed by atoms with Crippen LogP contribution in [0.15, 0.2) is 218 Å². The first-order valence-electron chi connectivity index (χ1n) is 21.8. The first-order valence-corrected chi connectivity index (χ1v) is 21.8. The molecule has 0 aliphatic rings. The van der Waals surface area contributed by atoms with Gasteiger partial charge in [-0.1, -0.05) is 182 Å². The van der Waals surface area contributed by atoms with E-state index in [0.717, 1.165) is 49.8 Å². The SMILES string of the molecule is N#Cc1ccc(-c2ccc(-c3cc(-c4ccc5c6ccccc6c6ccccc6c5c4)nc4c3cc(-c3ccc5c6ccccc6c6ccccc6c5c3)c3ccccc34)cc2)cc1. The first kappa shape index (κ1) is 36.1. The Kier molecular flexibility index (Phi) is 8.01. The van der Waals surface area contributed by atoms with E-state index in [0.29, 0.717) is 5.56 Å². The molecule has 12 aromatic carbocycles. The summed E-state index contributed by atoms with van der Waals surface area (Å²) in [5.41, 5.74) is 10.4. The molecular formula is C62H36N2. The van der Waals surface area contributed by atoms with Gasteiger partial charge >= 0.3 is 0 Å². The second-order valence-electron chi connectivity index (χ2n) is 16.9. The van der Waals surface area contributed by atoms with Gasteiger partial charge in [0.1, 0.15) is 0 Å². The highest BCUT2D eigenvalue weighted by Crippen LogP contribution is 2.44. The molecule has 2 nitrogen and oxygen atoms in total. The zero-order valence-electron chi connectivity index (χ0n) is 34.7. The summed E-state index contributed by atoms with van der Waals surface area (Å²) in [6.45, 7) is 0. The zero-order valence-corrected chi connectivity index (χ0v) is 34.7. The van der Waals surface area contributed by atoms with Crippen LogP contribution >= 0.6 is 0 Å². The summed E-state index contributed by atoms with van der Waals surface area (Å²) in [5, 5.41) is 27.9. The van der Waals surface area contributed by atoms with Crippen LogP contribution in [0.4, 0.5) is 0 Å². The minimum atomic E-state index is 0.655. The van der Waals surface area contributed by atoms with Crippen LogP contribution in [0.5, 0.6) is 0 Å². The topological polar surface area (TPSA) is 36.7 Å². The first-order chi connectivity index (χ1) is 31.7. The van der Waals surface area contributed by atoms with Crippen LogP contribution in [0.25, 0.3) is 131 Å². The van der Waals surface area contributed by atoms with E-state index >= 15 is 0 Å². The van der Waals surface area contributed by atoms with Crippen LogP contribution in [-0.2, 0) is 0 Å². The van der Waals surface area contributed by atoms with Crippen LogP contribution in [0.1, 0.15) is 5.56 Å². The highest BCUT2D eigenvalue weighted by Gasteiger charge is 2.19. The number of hydrogen-bond donors (Lipinski definition) is 0. The fraction of sp³-hybridized carbons (Fsp3) is 0. The highest BCUT2D eigenvalue weighted by atomic mass is 14.7. The maximum atomic E-state index is 9.42. The lowest BCUT2D eigenvalue weighted by Gasteiger charge is -2.17. The van der Waals surface area contributed by atoms with E-state index in [2.05, 4.69) is 200 Å². The Hall–Kier alpha value is -8.64. The molecule has 1 heterocycles. The van der Waals surface area contributed by atoms with E-state index in [1.165, 1.54) is 81.1 Å². The lowest BCUT2D eigenvalue weighted by Crippen LogP contribution is -1.94. The van der Waals surface area contributed by atoms with Crippen molar-refractivity contribution in [2.45, 2.75) is 0 Å². The smallest absolute Gasteiger partial charge is 0.0991 e. The number of rotatable bonds is 4. The highest BCUT2D eigenvalue weighted by molar-refractivity contribution is 6.27. The molecule has 0 unspecified atom stereocenters. The predicted molar refractivity (Wildman–Crippen MR) is 271 cm³/mol. The van der Waals surface area contributed by atoms with Crippen LogP contribution in [0, 0.1) is 11.3 Å². The minimum absolute atomic E-state index is 0.655. The van der Waals surface area contributed by atoms with Gasteiger partial charge in [0.05, 0.1) is 22.8 Å². The van der Waals surface area contributed by atoms with Crippen molar-refractivity contribution >= 4 is 86.3 Å². The van der Waals surface area contributed by atoms with E-state index in [-0.39, 0.29) is 0 Å². The molecule has 0 aliphatic heterocycles. The molecule has 0 amide bonds. The van der Waals surface area contributed by atoms with Gasteiger partial charge in [-0.3, -0.25) is 0 Å². The Morgan fingerprint density at radius 1 is 0.266 bits per heavy atom. The molecular weight excluding hydrogens is 773 g/mol. The summed E-state index contributed by atoms with van der Waals surface area (Å²) < 4.78 is 0. The Morgan fingerprint density at radius 2 is 0.625 bits per heavy atom. The van der Waals surface area contributed by atoms with E-state index in [9.17, 15) is 5.26 Å². The van der Waals surface area contributed by atoms with Gasteiger partial charge < -0.3 is 0 Å².